The van der Waals surface area contributed by atoms with Gasteiger partial charge in [0.25, 0.3) is 5.91 Å². The molecule has 1 aliphatic rings. The molecule has 0 radical (unpaired) electrons. The highest BCUT2D eigenvalue weighted by molar-refractivity contribution is 7.18. The second kappa shape index (κ2) is 8.70. The molecule has 1 amide bonds. The molecule has 0 spiro atoms. The molecular weight excluding hydrogens is 437 g/mol. The van der Waals surface area contributed by atoms with Crippen molar-refractivity contribution in [1.29, 1.82) is 5.26 Å². The summed E-state index contributed by atoms with van der Waals surface area (Å²) in [5, 5.41) is 9.09. The highest BCUT2D eigenvalue weighted by atomic mass is 32.1. The number of amides is 1. The van der Waals surface area contributed by atoms with E-state index in [1.807, 2.05) is 30.3 Å². The second-order valence-electron chi connectivity index (χ2n) is 8.07. The van der Waals surface area contributed by atoms with Gasteiger partial charge in [-0.05, 0) is 54.3 Å². The van der Waals surface area contributed by atoms with Crippen LogP contribution in [0.2, 0.25) is 0 Å². The number of hydrogen-bond donors (Lipinski definition) is 1. The highest BCUT2D eigenvalue weighted by Crippen LogP contribution is 2.41. The molecule has 1 atom stereocenters. The van der Waals surface area contributed by atoms with Crippen LogP contribution in [-0.2, 0) is 0 Å². The van der Waals surface area contributed by atoms with Crippen molar-refractivity contribution in [2.24, 2.45) is 5.73 Å². The molecular formula is C25H20FN5OS. The van der Waals surface area contributed by atoms with Crippen molar-refractivity contribution in [3.63, 3.8) is 0 Å². The number of nitrogens with zero attached hydrogens (tertiary/aromatic N) is 4. The Balaban J connectivity index is 1.63. The number of fused-ring (bicyclic) bond motifs is 1. The standard InChI is InChI=1S/C25H20FN5OS/c26-20-10-15(3-4-17(20)13-27)19-12-23(25(32)31-9-1-2-18(28)14-31)33-24(19)16-5-6-21-22(11-16)30-8-7-29-21/h3-8,10-12,18H,1-2,9,14,28H2. The van der Waals surface area contributed by atoms with Crippen LogP contribution in [0.5, 0.6) is 0 Å². The van der Waals surface area contributed by atoms with E-state index in [4.69, 9.17) is 11.0 Å². The Morgan fingerprint density at radius 1 is 1.12 bits per heavy atom. The lowest BCUT2D eigenvalue weighted by atomic mass is 10.00. The fourth-order valence-corrected chi connectivity index (χ4v) is 5.30. The number of nitrogens with two attached hydrogens (primary N) is 1. The summed E-state index contributed by atoms with van der Waals surface area (Å²) in [6.45, 7) is 1.20. The number of piperidine rings is 1. The Hall–Kier alpha value is -3.67. The molecule has 0 saturated carbocycles. The van der Waals surface area contributed by atoms with E-state index in [9.17, 15) is 9.18 Å². The SMILES string of the molecule is N#Cc1ccc(-c2cc(C(=O)N3CCCC(N)C3)sc2-c2ccc3nccnc3c2)cc1F. The lowest BCUT2D eigenvalue weighted by molar-refractivity contribution is 0.0714. The first-order chi connectivity index (χ1) is 16.0. The minimum absolute atomic E-state index is 0.0184. The molecule has 4 aromatic rings. The van der Waals surface area contributed by atoms with Crippen molar-refractivity contribution in [3.8, 4) is 27.6 Å². The van der Waals surface area contributed by atoms with Gasteiger partial charge in [0.05, 0.1) is 21.5 Å². The minimum atomic E-state index is -0.591. The predicted molar refractivity (Wildman–Crippen MR) is 126 cm³/mol. The molecule has 164 valence electrons. The number of carbonyl (C=O) groups is 1. The molecule has 0 aliphatic carbocycles. The summed E-state index contributed by atoms with van der Waals surface area (Å²) in [5.41, 5.74) is 9.76. The zero-order chi connectivity index (χ0) is 22.9. The zero-order valence-corrected chi connectivity index (χ0v) is 18.5. The first-order valence-corrected chi connectivity index (χ1v) is 11.4. The van der Waals surface area contributed by atoms with Gasteiger partial charge >= 0.3 is 0 Å². The van der Waals surface area contributed by atoms with Gasteiger partial charge in [0, 0.05) is 42.0 Å². The number of nitriles is 1. The predicted octanol–water partition coefficient (Wildman–Crippen LogP) is 4.60. The number of thiophene rings is 1. The normalized spacial score (nSPS) is 16.0. The lowest BCUT2D eigenvalue weighted by Gasteiger charge is -2.30. The maximum Gasteiger partial charge on any atom is 0.264 e. The van der Waals surface area contributed by atoms with Gasteiger partial charge in [-0.3, -0.25) is 14.8 Å². The molecule has 1 saturated heterocycles. The van der Waals surface area contributed by atoms with Crippen LogP contribution in [0.15, 0.2) is 54.9 Å². The van der Waals surface area contributed by atoms with E-state index in [-0.39, 0.29) is 17.5 Å². The molecule has 1 aliphatic heterocycles. The van der Waals surface area contributed by atoms with Crippen molar-refractivity contribution in [2.45, 2.75) is 18.9 Å². The van der Waals surface area contributed by atoms with Gasteiger partial charge in [0.1, 0.15) is 11.9 Å². The number of hydrogen-bond acceptors (Lipinski definition) is 6. The summed E-state index contributed by atoms with van der Waals surface area (Å²) in [7, 11) is 0. The number of carbonyl (C=O) groups excluding carboxylic acids is 1. The summed E-state index contributed by atoms with van der Waals surface area (Å²) in [6.07, 6.45) is 5.06. The van der Waals surface area contributed by atoms with Gasteiger partial charge in [-0.25, -0.2) is 4.39 Å². The number of benzene rings is 2. The van der Waals surface area contributed by atoms with E-state index in [1.165, 1.54) is 23.5 Å². The third-order valence-corrected chi connectivity index (χ3v) is 6.99. The summed E-state index contributed by atoms with van der Waals surface area (Å²) in [6, 6.07) is 13.9. The summed E-state index contributed by atoms with van der Waals surface area (Å²) < 4.78 is 14.5. The Morgan fingerprint density at radius 2 is 1.91 bits per heavy atom. The van der Waals surface area contributed by atoms with Gasteiger partial charge in [-0.15, -0.1) is 11.3 Å². The number of likely N-dealkylation sites (tertiary alicyclic amines) is 1. The van der Waals surface area contributed by atoms with Crippen LogP contribution in [0, 0.1) is 17.1 Å². The fourth-order valence-electron chi connectivity index (χ4n) is 4.15. The Morgan fingerprint density at radius 3 is 2.67 bits per heavy atom. The second-order valence-corrected chi connectivity index (χ2v) is 9.13. The third kappa shape index (κ3) is 4.09. The van der Waals surface area contributed by atoms with Crippen LogP contribution in [0.4, 0.5) is 4.39 Å². The fraction of sp³-hybridized carbons (Fsp3) is 0.200. The molecule has 6 nitrogen and oxygen atoms in total. The van der Waals surface area contributed by atoms with Crippen LogP contribution in [0.1, 0.15) is 28.1 Å². The Kier molecular flexibility index (Phi) is 5.58. The number of rotatable bonds is 3. The van der Waals surface area contributed by atoms with Crippen LogP contribution in [0.25, 0.3) is 32.6 Å². The first kappa shape index (κ1) is 21.2. The average molecular weight is 458 g/mol. The molecule has 2 N–H and O–H groups in total. The van der Waals surface area contributed by atoms with Gasteiger partial charge in [0.2, 0.25) is 0 Å². The summed E-state index contributed by atoms with van der Waals surface area (Å²) in [5.74, 6) is -0.663. The van der Waals surface area contributed by atoms with E-state index in [2.05, 4.69) is 9.97 Å². The molecule has 8 heteroatoms. The van der Waals surface area contributed by atoms with Gasteiger partial charge < -0.3 is 10.6 Å². The molecule has 2 aromatic heterocycles. The minimum Gasteiger partial charge on any atom is -0.336 e. The van der Waals surface area contributed by atoms with Crippen LogP contribution in [0.3, 0.4) is 0 Å². The van der Waals surface area contributed by atoms with E-state index >= 15 is 0 Å². The van der Waals surface area contributed by atoms with E-state index in [0.29, 0.717) is 23.5 Å². The van der Waals surface area contributed by atoms with Crippen LogP contribution < -0.4 is 5.73 Å². The van der Waals surface area contributed by atoms with Crippen LogP contribution in [-0.4, -0.2) is 39.9 Å². The average Bonchev–Trinajstić information content (AvgIpc) is 3.29. The number of halogens is 1. The Labute approximate surface area is 194 Å². The van der Waals surface area contributed by atoms with Crippen molar-refractivity contribution in [3.05, 3.63) is 71.1 Å². The summed E-state index contributed by atoms with van der Waals surface area (Å²) >= 11 is 1.37. The van der Waals surface area contributed by atoms with Gasteiger partial charge in [-0.2, -0.15) is 5.26 Å². The molecule has 5 rings (SSSR count). The van der Waals surface area contributed by atoms with Gasteiger partial charge in [-0.1, -0.05) is 12.1 Å². The molecule has 33 heavy (non-hydrogen) atoms. The smallest absolute Gasteiger partial charge is 0.264 e. The van der Waals surface area contributed by atoms with Crippen molar-refractivity contribution in [1.82, 2.24) is 14.9 Å². The molecule has 1 unspecified atom stereocenters. The first-order valence-electron chi connectivity index (χ1n) is 10.6. The maximum absolute atomic E-state index is 14.5. The van der Waals surface area contributed by atoms with Crippen LogP contribution >= 0.6 is 11.3 Å². The Bertz CT molecular complexity index is 1410. The van der Waals surface area contributed by atoms with Crippen molar-refractivity contribution < 1.29 is 9.18 Å². The van der Waals surface area contributed by atoms with E-state index in [1.54, 1.807) is 23.4 Å². The largest absolute Gasteiger partial charge is 0.336 e. The zero-order valence-electron chi connectivity index (χ0n) is 17.7. The number of aromatic nitrogens is 2. The summed E-state index contributed by atoms with van der Waals surface area (Å²) in [4.78, 5) is 25.2. The van der Waals surface area contributed by atoms with E-state index < -0.39 is 5.82 Å². The topological polar surface area (TPSA) is 95.9 Å². The molecule has 2 aromatic carbocycles. The molecule has 0 bridgehead atoms. The highest BCUT2D eigenvalue weighted by Gasteiger charge is 2.26. The quantitative estimate of drug-likeness (QED) is 0.485. The van der Waals surface area contributed by atoms with Gasteiger partial charge in [0.15, 0.2) is 0 Å². The van der Waals surface area contributed by atoms with E-state index in [0.717, 1.165) is 39.9 Å². The molecule has 1 fully saturated rings. The maximum atomic E-state index is 14.5. The lowest BCUT2D eigenvalue weighted by Crippen LogP contribution is -2.45. The monoisotopic (exact) mass is 457 g/mol. The van der Waals surface area contributed by atoms with Crippen molar-refractivity contribution in [2.75, 3.05) is 13.1 Å². The third-order valence-electron chi connectivity index (χ3n) is 5.82. The molecule has 3 heterocycles. The van der Waals surface area contributed by atoms with Crippen molar-refractivity contribution >= 4 is 28.3 Å².